The van der Waals surface area contributed by atoms with Crippen LogP contribution in [0.15, 0.2) is 48.5 Å². The minimum atomic E-state index is -0.847. The molecule has 2 aromatic rings. The highest BCUT2D eigenvalue weighted by atomic mass is 16.6. The highest BCUT2D eigenvalue weighted by Crippen LogP contribution is 2.28. The normalized spacial score (nSPS) is 11.9. The van der Waals surface area contributed by atoms with E-state index in [9.17, 15) is 15.2 Å². The molecule has 21 heavy (non-hydrogen) atoms. The van der Waals surface area contributed by atoms with Crippen LogP contribution < -0.4 is 10.5 Å². The van der Waals surface area contributed by atoms with Gasteiger partial charge >= 0.3 is 5.69 Å². The summed E-state index contributed by atoms with van der Waals surface area (Å²) < 4.78 is 5.38. The third kappa shape index (κ3) is 3.77. The number of nitro groups is 1. The van der Waals surface area contributed by atoms with Gasteiger partial charge in [-0.1, -0.05) is 36.4 Å². The number of aliphatic hydroxyl groups excluding tert-OH is 1. The van der Waals surface area contributed by atoms with Crippen LogP contribution in [-0.2, 0) is 6.54 Å². The predicted molar refractivity (Wildman–Crippen MR) is 77.9 cm³/mol. The Morgan fingerprint density at radius 1 is 1.24 bits per heavy atom. The zero-order chi connectivity index (χ0) is 15.2. The van der Waals surface area contributed by atoms with E-state index in [0.717, 1.165) is 0 Å². The number of ether oxygens (including phenoxy) is 1. The van der Waals surface area contributed by atoms with Gasteiger partial charge in [0.05, 0.1) is 4.92 Å². The molecule has 3 N–H and O–H groups in total. The molecule has 6 nitrogen and oxygen atoms in total. The molecule has 0 radical (unpaired) electrons. The molecule has 0 spiro atoms. The Bertz CT molecular complexity index is 616. The first-order valence-electron chi connectivity index (χ1n) is 6.45. The van der Waals surface area contributed by atoms with Crippen molar-refractivity contribution in [3.8, 4) is 5.75 Å². The van der Waals surface area contributed by atoms with E-state index in [2.05, 4.69) is 0 Å². The van der Waals surface area contributed by atoms with E-state index in [1.807, 2.05) is 6.07 Å². The third-order valence-electron chi connectivity index (χ3n) is 3.04. The van der Waals surface area contributed by atoms with Crippen molar-refractivity contribution in [1.29, 1.82) is 0 Å². The van der Waals surface area contributed by atoms with Crippen molar-refractivity contribution in [3.05, 3.63) is 69.8 Å². The first-order valence-corrected chi connectivity index (χ1v) is 6.45. The fourth-order valence-electron chi connectivity index (χ4n) is 1.89. The highest BCUT2D eigenvalue weighted by molar-refractivity contribution is 5.48. The predicted octanol–water partition coefficient (Wildman–Crippen LogP) is 2.17. The highest BCUT2D eigenvalue weighted by Gasteiger charge is 2.17. The summed E-state index contributed by atoms with van der Waals surface area (Å²) in [6.07, 6.45) is -0.847. The van der Waals surface area contributed by atoms with Crippen LogP contribution in [0, 0.1) is 10.1 Å². The standard InChI is InChI=1S/C15H16N2O4/c16-9-11-6-7-15(13(8-11)17(19)20)21-10-14(18)12-4-2-1-3-5-12/h1-8,14,18H,9-10,16H2. The molecule has 0 aliphatic heterocycles. The molecule has 0 aromatic heterocycles. The molecule has 0 aliphatic rings. The molecule has 2 aromatic carbocycles. The number of hydrogen-bond donors (Lipinski definition) is 2. The van der Waals surface area contributed by atoms with Crippen molar-refractivity contribution in [1.82, 2.24) is 0 Å². The van der Waals surface area contributed by atoms with Crippen molar-refractivity contribution < 1.29 is 14.8 Å². The lowest BCUT2D eigenvalue weighted by molar-refractivity contribution is -0.386. The average Bonchev–Trinajstić information content (AvgIpc) is 2.53. The lowest BCUT2D eigenvalue weighted by atomic mass is 10.1. The van der Waals surface area contributed by atoms with Gasteiger partial charge in [0.25, 0.3) is 0 Å². The quantitative estimate of drug-likeness (QED) is 0.627. The molecule has 6 heteroatoms. The number of nitrogens with two attached hydrogens (primary N) is 1. The van der Waals surface area contributed by atoms with Gasteiger partial charge in [-0.25, -0.2) is 0 Å². The van der Waals surface area contributed by atoms with Crippen LogP contribution in [0.3, 0.4) is 0 Å². The second-order valence-corrected chi connectivity index (χ2v) is 4.50. The van der Waals surface area contributed by atoms with Gasteiger partial charge in [-0.05, 0) is 17.2 Å². The molecule has 0 bridgehead atoms. The third-order valence-corrected chi connectivity index (χ3v) is 3.04. The zero-order valence-electron chi connectivity index (χ0n) is 11.3. The molecule has 1 atom stereocenters. The lowest BCUT2D eigenvalue weighted by Gasteiger charge is -2.13. The number of aliphatic hydroxyl groups is 1. The van der Waals surface area contributed by atoms with Crippen LogP contribution >= 0.6 is 0 Å². The van der Waals surface area contributed by atoms with Gasteiger partial charge in [0.2, 0.25) is 0 Å². The molecule has 0 amide bonds. The zero-order valence-corrected chi connectivity index (χ0v) is 11.3. The van der Waals surface area contributed by atoms with E-state index in [1.54, 1.807) is 30.3 Å². The van der Waals surface area contributed by atoms with Gasteiger partial charge in [-0.15, -0.1) is 0 Å². The number of nitrogens with zero attached hydrogens (tertiary/aromatic N) is 1. The number of nitro benzene ring substituents is 1. The second kappa shape index (κ2) is 6.83. The SMILES string of the molecule is NCc1ccc(OCC(O)c2ccccc2)c([N+](=O)[O-])c1. The Kier molecular flexibility index (Phi) is 4.86. The monoisotopic (exact) mass is 288 g/mol. The van der Waals surface area contributed by atoms with Crippen molar-refractivity contribution in [2.24, 2.45) is 5.73 Å². The van der Waals surface area contributed by atoms with E-state index < -0.39 is 11.0 Å². The minimum absolute atomic E-state index is 0.0627. The topological polar surface area (TPSA) is 98.6 Å². The van der Waals surface area contributed by atoms with Gasteiger partial charge in [-0.2, -0.15) is 0 Å². The van der Waals surface area contributed by atoms with Crippen LogP contribution in [0.4, 0.5) is 5.69 Å². The number of benzene rings is 2. The fraction of sp³-hybridized carbons (Fsp3) is 0.200. The summed E-state index contributed by atoms with van der Waals surface area (Å²) in [5, 5.41) is 21.0. The van der Waals surface area contributed by atoms with E-state index in [1.165, 1.54) is 12.1 Å². The van der Waals surface area contributed by atoms with Crippen LogP contribution in [0.2, 0.25) is 0 Å². The minimum Gasteiger partial charge on any atom is -0.484 e. The average molecular weight is 288 g/mol. The van der Waals surface area contributed by atoms with Crippen LogP contribution in [0.5, 0.6) is 5.75 Å². The van der Waals surface area contributed by atoms with Crippen molar-refractivity contribution in [3.63, 3.8) is 0 Å². The maximum absolute atomic E-state index is 11.0. The van der Waals surface area contributed by atoms with E-state index in [-0.39, 0.29) is 24.6 Å². The van der Waals surface area contributed by atoms with Gasteiger partial charge in [0, 0.05) is 12.6 Å². The maximum atomic E-state index is 11.0. The first-order chi connectivity index (χ1) is 10.1. The largest absolute Gasteiger partial charge is 0.484 e. The number of hydrogen-bond acceptors (Lipinski definition) is 5. The van der Waals surface area contributed by atoms with Gasteiger partial charge in [0.1, 0.15) is 12.7 Å². The second-order valence-electron chi connectivity index (χ2n) is 4.50. The Morgan fingerprint density at radius 3 is 2.57 bits per heavy atom. The molecular formula is C15H16N2O4. The molecule has 110 valence electrons. The van der Waals surface area contributed by atoms with Crippen LogP contribution in [-0.4, -0.2) is 16.6 Å². The summed E-state index contributed by atoms with van der Waals surface area (Å²) in [5.41, 5.74) is 6.65. The Hall–Kier alpha value is -2.44. The van der Waals surface area contributed by atoms with Crippen LogP contribution in [0.25, 0.3) is 0 Å². The van der Waals surface area contributed by atoms with Crippen molar-refractivity contribution in [2.45, 2.75) is 12.6 Å². The van der Waals surface area contributed by atoms with E-state index in [4.69, 9.17) is 10.5 Å². The number of rotatable bonds is 6. The Balaban J connectivity index is 2.11. The molecule has 0 saturated carbocycles. The molecule has 0 fully saturated rings. The summed E-state index contributed by atoms with van der Waals surface area (Å²) in [4.78, 5) is 10.5. The molecule has 0 saturated heterocycles. The van der Waals surface area contributed by atoms with E-state index >= 15 is 0 Å². The first kappa shape index (κ1) is 15.0. The summed E-state index contributed by atoms with van der Waals surface area (Å²) in [7, 11) is 0. The van der Waals surface area contributed by atoms with Crippen LogP contribution in [0.1, 0.15) is 17.2 Å². The molecule has 1 unspecified atom stereocenters. The fourth-order valence-corrected chi connectivity index (χ4v) is 1.89. The molecule has 0 heterocycles. The van der Waals surface area contributed by atoms with Crippen molar-refractivity contribution >= 4 is 5.69 Å². The molecule has 2 rings (SSSR count). The van der Waals surface area contributed by atoms with Gasteiger partial charge in [0.15, 0.2) is 5.75 Å². The lowest BCUT2D eigenvalue weighted by Crippen LogP contribution is -2.10. The Morgan fingerprint density at radius 2 is 1.95 bits per heavy atom. The smallest absolute Gasteiger partial charge is 0.311 e. The van der Waals surface area contributed by atoms with Gasteiger partial charge < -0.3 is 15.6 Å². The van der Waals surface area contributed by atoms with Crippen molar-refractivity contribution in [2.75, 3.05) is 6.61 Å². The summed E-state index contributed by atoms with van der Waals surface area (Å²) in [6.45, 7) is 0.153. The summed E-state index contributed by atoms with van der Waals surface area (Å²) in [5.74, 6) is 0.118. The molecule has 0 aliphatic carbocycles. The Labute approximate surface area is 121 Å². The molecular weight excluding hydrogens is 272 g/mol. The van der Waals surface area contributed by atoms with E-state index in [0.29, 0.717) is 11.1 Å². The maximum Gasteiger partial charge on any atom is 0.311 e. The van der Waals surface area contributed by atoms with Gasteiger partial charge in [-0.3, -0.25) is 10.1 Å². The summed E-state index contributed by atoms with van der Waals surface area (Å²) in [6, 6.07) is 13.5. The summed E-state index contributed by atoms with van der Waals surface area (Å²) >= 11 is 0.